The summed E-state index contributed by atoms with van der Waals surface area (Å²) in [6.45, 7) is 1.99. The van der Waals surface area contributed by atoms with Crippen LogP contribution in [0.3, 0.4) is 0 Å². The van der Waals surface area contributed by atoms with Crippen LogP contribution in [0.2, 0.25) is 0 Å². The Morgan fingerprint density at radius 2 is 2.33 bits per heavy atom. The van der Waals surface area contributed by atoms with Crippen molar-refractivity contribution in [2.45, 2.75) is 25.8 Å². The maximum atomic E-state index is 8.11. The molecule has 1 unspecified atom stereocenters. The molecule has 0 saturated carbocycles. The van der Waals surface area contributed by atoms with Crippen LogP contribution in [0.4, 0.5) is 0 Å². The van der Waals surface area contributed by atoms with E-state index in [1.807, 2.05) is 6.92 Å². The van der Waals surface area contributed by atoms with Gasteiger partial charge < -0.3 is 16.7 Å². The molecule has 0 rings (SSSR count). The van der Waals surface area contributed by atoms with E-state index in [-0.39, 0.29) is 11.9 Å². The van der Waals surface area contributed by atoms with Crippen molar-refractivity contribution >= 4 is 5.84 Å². The summed E-state index contributed by atoms with van der Waals surface area (Å²) in [7, 11) is 0. The van der Waals surface area contributed by atoms with Crippen molar-refractivity contribution in [2.24, 2.45) is 16.6 Å². The minimum atomic E-state index is -0.292. The maximum absolute atomic E-state index is 8.11. The van der Waals surface area contributed by atoms with Crippen LogP contribution in [0, 0.1) is 0 Å². The van der Waals surface area contributed by atoms with Crippen LogP contribution in [-0.4, -0.2) is 17.1 Å². The van der Waals surface area contributed by atoms with Crippen LogP contribution in [0.15, 0.2) is 5.16 Å². The second-order valence-corrected chi connectivity index (χ2v) is 1.92. The molecule has 54 valence electrons. The van der Waals surface area contributed by atoms with Crippen molar-refractivity contribution in [1.29, 1.82) is 0 Å². The Bertz CT molecular complexity index is 102. The topological polar surface area (TPSA) is 84.6 Å². The van der Waals surface area contributed by atoms with E-state index in [0.29, 0.717) is 0 Å². The molecule has 4 nitrogen and oxygen atoms in total. The smallest absolute Gasteiger partial charge is 0.156 e. The van der Waals surface area contributed by atoms with Gasteiger partial charge in [0.15, 0.2) is 5.84 Å². The van der Waals surface area contributed by atoms with E-state index in [9.17, 15) is 0 Å². The quantitative estimate of drug-likeness (QED) is 0.216. The summed E-state index contributed by atoms with van der Waals surface area (Å²) in [6, 6.07) is -0.292. The molecule has 0 saturated heterocycles. The van der Waals surface area contributed by atoms with E-state index in [1.54, 1.807) is 0 Å². The molecule has 1 atom stereocenters. The first-order valence-electron chi connectivity index (χ1n) is 2.95. The van der Waals surface area contributed by atoms with Crippen molar-refractivity contribution in [3.63, 3.8) is 0 Å². The Hall–Kier alpha value is -0.770. The molecule has 0 fully saturated rings. The molecule has 0 aliphatic rings. The van der Waals surface area contributed by atoms with Crippen molar-refractivity contribution in [3.8, 4) is 0 Å². The number of rotatable bonds is 3. The van der Waals surface area contributed by atoms with Gasteiger partial charge in [-0.1, -0.05) is 18.5 Å². The molecule has 0 amide bonds. The summed E-state index contributed by atoms with van der Waals surface area (Å²) < 4.78 is 0. The third kappa shape index (κ3) is 2.92. The summed E-state index contributed by atoms with van der Waals surface area (Å²) in [5, 5.41) is 10.9. The van der Waals surface area contributed by atoms with Crippen LogP contribution < -0.4 is 11.5 Å². The fourth-order valence-corrected chi connectivity index (χ4v) is 0.533. The highest BCUT2D eigenvalue weighted by molar-refractivity contribution is 5.84. The number of hydrogen-bond acceptors (Lipinski definition) is 3. The van der Waals surface area contributed by atoms with Crippen LogP contribution in [-0.2, 0) is 0 Å². The van der Waals surface area contributed by atoms with Gasteiger partial charge >= 0.3 is 0 Å². The first-order valence-corrected chi connectivity index (χ1v) is 2.95. The van der Waals surface area contributed by atoms with Gasteiger partial charge in [-0.2, -0.15) is 0 Å². The Kier molecular flexibility index (Phi) is 3.79. The van der Waals surface area contributed by atoms with Gasteiger partial charge in [-0.15, -0.1) is 0 Å². The maximum Gasteiger partial charge on any atom is 0.156 e. The molecule has 0 aromatic rings. The average Bonchev–Trinajstić information content (AvgIpc) is 1.87. The molecule has 5 N–H and O–H groups in total. The van der Waals surface area contributed by atoms with Gasteiger partial charge in [-0.3, -0.25) is 0 Å². The lowest BCUT2D eigenvalue weighted by molar-refractivity contribution is 0.315. The van der Waals surface area contributed by atoms with Crippen molar-refractivity contribution < 1.29 is 5.21 Å². The van der Waals surface area contributed by atoms with Crippen molar-refractivity contribution in [3.05, 3.63) is 0 Å². The van der Waals surface area contributed by atoms with Gasteiger partial charge in [0.2, 0.25) is 0 Å². The Labute approximate surface area is 54.5 Å². The molecule has 0 spiro atoms. The van der Waals surface area contributed by atoms with Crippen LogP contribution in [0.5, 0.6) is 0 Å². The molecule has 0 radical (unpaired) electrons. The minimum absolute atomic E-state index is 0.108. The lowest BCUT2D eigenvalue weighted by Crippen LogP contribution is -2.36. The normalized spacial score (nSPS) is 15.6. The number of hydrogen-bond donors (Lipinski definition) is 3. The van der Waals surface area contributed by atoms with E-state index >= 15 is 0 Å². The highest BCUT2D eigenvalue weighted by atomic mass is 16.4. The van der Waals surface area contributed by atoms with E-state index in [4.69, 9.17) is 16.7 Å². The zero-order chi connectivity index (χ0) is 7.28. The molecule has 0 aromatic carbocycles. The fraction of sp³-hybridized carbons (Fsp3) is 0.800. The van der Waals surface area contributed by atoms with Crippen LogP contribution in [0.1, 0.15) is 19.8 Å². The number of nitrogens with two attached hydrogens (primary N) is 2. The van der Waals surface area contributed by atoms with E-state index < -0.39 is 0 Å². The van der Waals surface area contributed by atoms with Gasteiger partial charge in [0, 0.05) is 0 Å². The summed E-state index contributed by atoms with van der Waals surface area (Å²) >= 11 is 0. The second-order valence-electron chi connectivity index (χ2n) is 1.92. The molecular weight excluding hydrogens is 118 g/mol. The van der Waals surface area contributed by atoms with Crippen molar-refractivity contribution in [2.75, 3.05) is 0 Å². The van der Waals surface area contributed by atoms with Gasteiger partial charge in [0.25, 0.3) is 0 Å². The van der Waals surface area contributed by atoms with E-state index in [2.05, 4.69) is 5.16 Å². The third-order valence-electron chi connectivity index (χ3n) is 1.10. The van der Waals surface area contributed by atoms with Crippen LogP contribution >= 0.6 is 0 Å². The summed E-state index contributed by atoms with van der Waals surface area (Å²) in [5.41, 5.74) is 10.6. The predicted molar refractivity (Wildman–Crippen MR) is 36.3 cm³/mol. The fourth-order valence-electron chi connectivity index (χ4n) is 0.533. The number of amidine groups is 1. The van der Waals surface area contributed by atoms with E-state index in [1.165, 1.54) is 0 Å². The molecule has 0 aromatic heterocycles. The monoisotopic (exact) mass is 131 g/mol. The average molecular weight is 131 g/mol. The largest absolute Gasteiger partial charge is 0.409 e. The molecule has 0 heterocycles. The van der Waals surface area contributed by atoms with Crippen LogP contribution in [0.25, 0.3) is 0 Å². The predicted octanol–water partition coefficient (Wildman–Crippen LogP) is -0.140. The molecule has 0 bridgehead atoms. The highest BCUT2D eigenvalue weighted by Gasteiger charge is 2.04. The zero-order valence-corrected chi connectivity index (χ0v) is 5.54. The van der Waals surface area contributed by atoms with Gasteiger partial charge in [0.1, 0.15) is 0 Å². The third-order valence-corrected chi connectivity index (χ3v) is 1.10. The Morgan fingerprint density at radius 1 is 1.78 bits per heavy atom. The SMILES string of the molecule is CCCC(N)/C(N)=N/O. The first-order chi connectivity index (χ1) is 4.22. The molecule has 9 heavy (non-hydrogen) atoms. The van der Waals surface area contributed by atoms with E-state index in [0.717, 1.165) is 12.8 Å². The summed E-state index contributed by atoms with van der Waals surface area (Å²) in [6.07, 6.45) is 1.70. The van der Waals surface area contributed by atoms with Gasteiger partial charge in [-0.25, -0.2) is 0 Å². The summed E-state index contributed by atoms with van der Waals surface area (Å²) in [5.74, 6) is 0.108. The first kappa shape index (κ1) is 8.23. The molecule has 0 aliphatic carbocycles. The number of nitrogens with zero attached hydrogens (tertiary/aromatic N) is 1. The number of oxime groups is 1. The second kappa shape index (κ2) is 4.14. The Morgan fingerprint density at radius 3 is 2.67 bits per heavy atom. The standard InChI is InChI=1S/C5H13N3O/c1-2-3-4(6)5(7)8-9/h4,9H,2-3,6H2,1H3,(H2,7,8). The minimum Gasteiger partial charge on any atom is -0.409 e. The zero-order valence-electron chi connectivity index (χ0n) is 5.54. The lowest BCUT2D eigenvalue weighted by atomic mass is 10.2. The molecule has 0 aliphatic heterocycles. The van der Waals surface area contributed by atoms with Gasteiger partial charge in [0.05, 0.1) is 6.04 Å². The molecule has 4 heteroatoms. The van der Waals surface area contributed by atoms with Gasteiger partial charge in [-0.05, 0) is 6.42 Å². The Balaban J connectivity index is 3.59. The van der Waals surface area contributed by atoms with Crippen molar-refractivity contribution in [1.82, 2.24) is 0 Å². The summed E-state index contributed by atoms with van der Waals surface area (Å²) in [4.78, 5) is 0. The molecular formula is C5H13N3O. The highest BCUT2D eigenvalue weighted by Crippen LogP contribution is 1.91. The lowest BCUT2D eigenvalue weighted by Gasteiger charge is -2.05.